The first-order chi connectivity index (χ1) is 17.7. The number of allylic oxidation sites excluding steroid dienone is 4. The quantitative estimate of drug-likeness (QED) is 0.104. The molecule has 4 rings (SSSR count). The SMILES string of the molecule is O=C([C-]=Cc1ccccc1)C=Cc1ccccc1.O=C([C-]=Cc1ccccc1)C=Cc1ccccc1.[Pd].[Pd].[Pd].[Pd]. The van der Waals surface area contributed by atoms with Crippen LogP contribution < -0.4 is 0 Å². The summed E-state index contributed by atoms with van der Waals surface area (Å²) in [6.07, 6.45) is 15.4. The minimum Gasteiger partial charge on any atom is -0.319 e. The Balaban J connectivity index is 0. The van der Waals surface area contributed by atoms with Crippen molar-refractivity contribution in [1.29, 1.82) is 0 Å². The van der Waals surface area contributed by atoms with Gasteiger partial charge in [0.15, 0.2) is 0 Å². The first kappa shape index (κ1) is 40.0. The van der Waals surface area contributed by atoms with Crippen molar-refractivity contribution in [3.05, 3.63) is 168 Å². The van der Waals surface area contributed by atoms with Gasteiger partial charge in [-0.15, -0.1) is 71.8 Å². The van der Waals surface area contributed by atoms with E-state index in [4.69, 9.17) is 0 Å². The Labute approximate surface area is 292 Å². The smallest absolute Gasteiger partial charge is 0.0684 e. The van der Waals surface area contributed by atoms with Crippen LogP contribution >= 0.6 is 0 Å². The van der Waals surface area contributed by atoms with E-state index < -0.39 is 0 Å². The monoisotopic (exact) mass is 890 g/mol. The summed E-state index contributed by atoms with van der Waals surface area (Å²) in [4.78, 5) is 23.1. The van der Waals surface area contributed by atoms with E-state index in [9.17, 15) is 9.59 Å². The predicted molar refractivity (Wildman–Crippen MR) is 149 cm³/mol. The molecule has 0 aliphatic heterocycles. The molecule has 4 aromatic rings. The molecule has 0 bridgehead atoms. The van der Waals surface area contributed by atoms with E-state index in [1.807, 2.05) is 121 Å². The van der Waals surface area contributed by atoms with Gasteiger partial charge in [-0.2, -0.15) is 12.2 Å². The number of rotatable bonds is 8. The van der Waals surface area contributed by atoms with E-state index in [-0.39, 0.29) is 93.3 Å². The van der Waals surface area contributed by atoms with Gasteiger partial charge >= 0.3 is 0 Å². The van der Waals surface area contributed by atoms with Crippen molar-refractivity contribution in [2.24, 2.45) is 0 Å². The number of hydrogen-bond donors (Lipinski definition) is 0. The fourth-order valence-corrected chi connectivity index (χ4v) is 2.98. The summed E-state index contributed by atoms with van der Waals surface area (Å²) in [5.74, 6) is -0.273. The van der Waals surface area contributed by atoms with Crippen LogP contribution in [-0.2, 0) is 91.3 Å². The van der Waals surface area contributed by atoms with Gasteiger partial charge in [-0.25, -0.2) is 0 Å². The summed E-state index contributed by atoms with van der Waals surface area (Å²) in [7, 11) is 0. The third kappa shape index (κ3) is 17.5. The van der Waals surface area contributed by atoms with Crippen LogP contribution in [0.3, 0.4) is 0 Å². The van der Waals surface area contributed by atoms with E-state index >= 15 is 0 Å². The molecule has 216 valence electrons. The molecule has 0 unspecified atom stereocenters. The van der Waals surface area contributed by atoms with Crippen molar-refractivity contribution >= 4 is 35.9 Å². The number of carbonyl (C=O) groups excluding carboxylic acids is 2. The summed E-state index contributed by atoms with van der Waals surface area (Å²) in [5.41, 5.74) is 3.96. The average molecular weight is 892 g/mol. The zero-order chi connectivity index (χ0) is 25.3. The Bertz CT molecular complexity index is 1120. The molecular formula is C34H26O2Pd4-2. The van der Waals surface area contributed by atoms with Crippen LogP contribution in [0.4, 0.5) is 0 Å². The third-order valence-electron chi connectivity index (χ3n) is 4.81. The molecule has 0 saturated heterocycles. The fourth-order valence-electron chi connectivity index (χ4n) is 2.98. The predicted octanol–water partition coefficient (Wildman–Crippen LogP) is 7.56. The molecule has 0 aliphatic rings. The standard InChI is InChI=1S/2C17H13O.4Pd/c2*18-17(13-11-15-7-3-1-4-8-15)14-12-16-9-5-2-6-10-16;;;;/h2*1-13H;;;;/q2*-1;;;;. The summed E-state index contributed by atoms with van der Waals surface area (Å²) < 4.78 is 0. The number of ketones is 2. The van der Waals surface area contributed by atoms with Crippen molar-refractivity contribution in [3.8, 4) is 0 Å². The molecule has 4 aromatic carbocycles. The minimum atomic E-state index is -0.136. The number of hydrogen-bond acceptors (Lipinski definition) is 2. The molecule has 40 heavy (non-hydrogen) atoms. The van der Waals surface area contributed by atoms with Crippen molar-refractivity contribution in [1.82, 2.24) is 0 Å². The van der Waals surface area contributed by atoms with Crippen LogP contribution in [0.2, 0.25) is 0 Å². The molecule has 2 nitrogen and oxygen atoms in total. The first-order valence-corrected chi connectivity index (χ1v) is 11.5. The summed E-state index contributed by atoms with van der Waals surface area (Å²) >= 11 is 0. The molecule has 0 amide bonds. The van der Waals surface area contributed by atoms with Crippen LogP contribution in [0, 0.1) is 12.2 Å². The molecule has 0 N–H and O–H groups in total. The van der Waals surface area contributed by atoms with Gasteiger partial charge in [-0.1, -0.05) is 97.1 Å². The maximum atomic E-state index is 11.6. The van der Waals surface area contributed by atoms with Crippen molar-refractivity contribution < 1.29 is 91.3 Å². The van der Waals surface area contributed by atoms with Crippen LogP contribution in [0.1, 0.15) is 22.3 Å². The Hall–Kier alpha value is -2.17. The molecule has 6 heteroatoms. The molecule has 0 saturated carbocycles. The Morgan fingerprint density at radius 2 is 0.650 bits per heavy atom. The van der Waals surface area contributed by atoms with Gasteiger partial charge in [0, 0.05) is 81.7 Å². The summed E-state index contributed by atoms with van der Waals surface area (Å²) in [6.45, 7) is 0. The fraction of sp³-hybridized carbons (Fsp3) is 0. The zero-order valence-corrected chi connectivity index (χ0v) is 27.3. The Kier molecular flexibility index (Phi) is 24.6. The molecule has 0 atom stereocenters. The van der Waals surface area contributed by atoms with E-state index in [1.54, 1.807) is 24.3 Å². The second-order valence-electron chi connectivity index (χ2n) is 7.62. The number of carbonyl (C=O) groups is 2. The van der Waals surface area contributed by atoms with E-state index in [0.29, 0.717) is 0 Å². The normalized spacial score (nSPS) is 10.0. The van der Waals surface area contributed by atoms with E-state index in [2.05, 4.69) is 12.2 Å². The van der Waals surface area contributed by atoms with Gasteiger partial charge in [-0.05, 0) is 11.1 Å². The van der Waals surface area contributed by atoms with Gasteiger partial charge in [0.05, 0.1) is 11.6 Å². The average Bonchev–Trinajstić information content (AvgIpc) is 2.95. The van der Waals surface area contributed by atoms with Crippen molar-refractivity contribution in [2.75, 3.05) is 0 Å². The Morgan fingerprint density at radius 1 is 0.400 bits per heavy atom. The maximum Gasteiger partial charge on any atom is 0.0684 e. The van der Waals surface area contributed by atoms with Gasteiger partial charge in [0.25, 0.3) is 0 Å². The van der Waals surface area contributed by atoms with Crippen LogP contribution in [-0.4, -0.2) is 11.6 Å². The minimum absolute atomic E-state index is 0. The molecule has 0 aliphatic carbocycles. The van der Waals surface area contributed by atoms with Gasteiger partial charge in [0.1, 0.15) is 0 Å². The second-order valence-corrected chi connectivity index (χ2v) is 7.62. The Morgan fingerprint density at radius 3 is 0.925 bits per heavy atom. The van der Waals surface area contributed by atoms with Crippen molar-refractivity contribution in [2.45, 2.75) is 0 Å². The maximum absolute atomic E-state index is 11.6. The molecule has 0 radical (unpaired) electrons. The molecular weight excluding hydrogens is 866 g/mol. The van der Waals surface area contributed by atoms with E-state index in [0.717, 1.165) is 22.3 Å². The largest absolute Gasteiger partial charge is 0.319 e. The number of benzene rings is 4. The van der Waals surface area contributed by atoms with Crippen molar-refractivity contribution in [3.63, 3.8) is 0 Å². The van der Waals surface area contributed by atoms with Gasteiger partial charge < -0.3 is 9.59 Å². The molecule has 0 aromatic heterocycles. The topological polar surface area (TPSA) is 34.1 Å². The third-order valence-corrected chi connectivity index (χ3v) is 4.81. The first-order valence-electron chi connectivity index (χ1n) is 11.5. The molecule has 0 heterocycles. The van der Waals surface area contributed by atoms with Gasteiger partial charge in [0.2, 0.25) is 0 Å². The molecule has 0 spiro atoms. The molecule has 0 fully saturated rings. The van der Waals surface area contributed by atoms with Crippen LogP contribution in [0.15, 0.2) is 133 Å². The summed E-state index contributed by atoms with van der Waals surface area (Å²) in [5, 5.41) is 0. The van der Waals surface area contributed by atoms with E-state index in [1.165, 1.54) is 12.2 Å². The van der Waals surface area contributed by atoms with Crippen LogP contribution in [0.5, 0.6) is 0 Å². The summed E-state index contributed by atoms with van der Waals surface area (Å²) in [6, 6.07) is 38.8. The van der Waals surface area contributed by atoms with Gasteiger partial charge in [-0.3, -0.25) is 0 Å². The second kappa shape index (κ2) is 24.6. The zero-order valence-electron chi connectivity index (χ0n) is 21.1. The van der Waals surface area contributed by atoms with Crippen LogP contribution in [0.25, 0.3) is 24.3 Å².